The summed E-state index contributed by atoms with van der Waals surface area (Å²) >= 11 is 0. The van der Waals surface area contributed by atoms with E-state index in [2.05, 4.69) is 15.3 Å². The van der Waals surface area contributed by atoms with Gasteiger partial charge in [0.1, 0.15) is 30.0 Å². The van der Waals surface area contributed by atoms with Crippen molar-refractivity contribution in [2.24, 2.45) is 0 Å². The molecule has 3 aromatic carbocycles. The van der Waals surface area contributed by atoms with E-state index in [0.29, 0.717) is 56.3 Å². The van der Waals surface area contributed by atoms with E-state index in [1.807, 2.05) is 38.1 Å². The van der Waals surface area contributed by atoms with Crippen molar-refractivity contribution >= 4 is 39.8 Å². The number of hydrogen-bond donors (Lipinski definition) is 3. The molecule has 0 aliphatic rings. The molecule has 3 N–H and O–H groups in total. The molecule has 11 nitrogen and oxygen atoms in total. The number of fused-ring (bicyclic) bond motifs is 2. The summed E-state index contributed by atoms with van der Waals surface area (Å²) in [7, 11) is 1.55. The van der Waals surface area contributed by atoms with E-state index in [1.165, 1.54) is 12.4 Å². The lowest BCUT2D eigenvalue weighted by atomic mass is 10.1. The monoisotopic (exact) mass is 582 g/mol. The lowest BCUT2D eigenvalue weighted by Gasteiger charge is -2.13. The summed E-state index contributed by atoms with van der Waals surface area (Å²) in [5.74, 6) is 1.46. The third-order valence-electron chi connectivity index (χ3n) is 6.49. The lowest BCUT2D eigenvalue weighted by molar-refractivity contribution is -0.124. The number of nitrogens with one attached hydrogen (secondary N) is 2. The van der Waals surface area contributed by atoms with Gasteiger partial charge in [-0.3, -0.25) is 14.8 Å². The van der Waals surface area contributed by atoms with Gasteiger partial charge in [0.2, 0.25) is 5.88 Å². The van der Waals surface area contributed by atoms with Crippen molar-refractivity contribution in [1.82, 2.24) is 20.8 Å². The molecule has 0 aliphatic heterocycles. The first kappa shape index (κ1) is 29.1. The second-order valence-corrected chi connectivity index (χ2v) is 9.96. The number of nitrogens with zero attached hydrogens (tertiary/aromatic N) is 2. The average molecular weight is 583 g/mol. The highest BCUT2D eigenvalue weighted by Crippen LogP contribution is 2.37. The molecule has 43 heavy (non-hydrogen) atoms. The van der Waals surface area contributed by atoms with Crippen molar-refractivity contribution in [1.29, 1.82) is 0 Å². The van der Waals surface area contributed by atoms with Crippen molar-refractivity contribution < 1.29 is 33.4 Å². The number of carbonyl (C=O) groups excluding carboxylic acids is 2. The van der Waals surface area contributed by atoms with Crippen LogP contribution < -0.4 is 25.0 Å². The normalized spacial score (nSPS) is 11.3. The number of hydroxylamine groups is 1. The molecule has 0 radical (unpaired) electrons. The Kier molecular flexibility index (Phi) is 8.54. The minimum Gasteiger partial charge on any atom is -0.493 e. The van der Waals surface area contributed by atoms with Crippen LogP contribution >= 0.6 is 0 Å². The molecular formula is C32H30N4O7. The molecule has 0 unspecified atom stereocenters. The summed E-state index contributed by atoms with van der Waals surface area (Å²) in [6, 6.07) is 16.2. The van der Waals surface area contributed by atoms with Gasteiger partial charge in [-0.15, -0.1) is 0 Å². The molecule has 5 rings (SSSR count). The third-order valence-corrected chi connectivity index (χ3v) is 6.49. The second kappa shape index (κ2) is 12.6. The number of furan rings is 1. The Labute approximate surface area is 247 Å². The summed E-state index contributed by atoms with van der Waals surface area (Å²) in [6.45, 7) is 5.81. The van der Waals surface area contributed by atoms with Crippen LogP contribution in [0.15, 0.2) is 71.4 Å². The van der Waals surface area contributed by atoms with Crippen molar-refractivity contribution in [3.05, 3.63) is 89.5 Å². The zero-order chi connectivity index (χ0) is 30.5. The first-order valence-corrected chi connectivity index (χ1v) is 13.4. The summed E-state index contributed by atoms with van der Waals surface area (Å²) in [5, 5.41) is 12.8. The fourth-order valence-corrected chi connectivity index (χ4v) is 4.48. The quantitative estimate of drug-likeness (QED) is 0.107. The van der Waals surface area contributed by atoms with Crippen molar-refractivity contribution in [2.45, 2.75) is 33.4 Å². The van der Waals surface area contributed by atoms with Gasteiger partial charge >= 0.3 is 0 Å². The van der Waals surface area contributed by atoms with Crippen LogP contribution in [-0.2, 0) is 11.4 Å². The first-order chi connectivity index (χ1) is 20.7. The summed E-state index contributed by atoms with van der Waals surface area (Å²) in [5.41, 5.74) is 4.83. The van der Waals surface area contributed by atoms with E-state index in [-0.39, 0.29) is 18.6 Å². The largest absolute Gasteiger partial charge is 0.493 e. The van der Waals surface area contributed by atoms with E-state index in [0.717, 1.165) is 11.1 Å². The van der Waals surface area contributed by atoms with Crippen molar-refractivity contribution in [2.75, 3.05) is 7.11 Å². The molecule has 0 aliphatic carbocycles. The number of carbonyl (C=O) groups is 2. The van der Waals surface area contributed by atoms with Gasteiger partial charge in [0.25, 0.3) is 11.8 Å². The predicted octanol–water partition coefficient (Wildman–Crippen LogP) is 5.72. The van der Waals surface area contributed by atoms with E-state index >= 15 is 0 Å². The highest BCUT2D eigenvalue weighted by Gasteiger charge is 2.20. The van der Waals surface area contributed by atoms with Crippen LogP contribution in [0.2, 0.25) is 0 Å². The Hall–Kier alpha value is -5.42. The number of rotatable bonds is 10. The van der Waals surface area contributed by atoms with Gasteiger partial charge in [0.15, 0.2) is 11.5 Å². The Balaban J connectivity index is 1.38. The molecule has 2 heterocycles. The average Bonchev–Trinajstić information content (AvgIpc) is 3.33. The highest BCUT2D eigenvalue weighted by molar-refractivity contribution is 6.07. The van der Waals surface area contributed by atoms with E-state index < -0.39 is 5.91 Å². The summed E-state index contributed by atoms with van der Waals surface area (Å²) < 4.78 is 23.7. The third kappa shape index (κ3) is 6.57. The minimum atomic E-state index is -0.611. The molecule has 2 aromatic heterocycles. The Morgan fingerprint density at radius 3 is 2.53 bits per heavy atom. The predicted molar refractivity (Wildman–Crippen MR) is 159 cm³/mol. The number of aromatic nitrogens is 2. The lowest BCUT2D eigenvalue weighted by Crippen LogP contribution is -2.30. The topological polar surface area (TPSA) is 145 Å². The maximum atomic E-state index is 12.7. The number of ether oxygens (including phenoxy) is 3. The molecule has 0 saturated heterocycles. The number of hydrogen-bond acceptors (Lipinski definition) is 9. The van der Waals surface area contributed by atoms with Crippen LogP contribution in [0.1, 0.15) is 41.1 Å². The molecule has 5 aromatic rings. The van der Waals surface area contributed by atoms with Gasteiger partial charge in [-0.1, -0.05) is 24.3 Å². The zero-order valence-electron chi connectivity index (χ0n) is 24.0. The summed E-state index contributed by atoms with van der Waals surface area (Å²) in [6.07, 6.45) is 4.21. The number of methoxy groups -OCH3 is 1. The second-order valence-electron chi connectivity index (χ2n) is 9.96. The standard InChI is InChI=1S/C32H30N4O7/c1-18(2)35-31(38)30-19(3)42-26-13-22(10-11-23(26)30)43-32-24-14-28(27(40-4)15-25(24)33-17-34-32)41-16-21-7-5-20(6-8-21)9-12-29(37)36-39/h5-15,17-18,39H,16H2,1-4H3,(H,35,38)(H,36,37)/b12-9+. The molecule has 0 spiro atoms. The molecule has 0 atom stereocenters. The molecule has 0 bridgehead atoms. The molecule has 220 valence electrons. The minimum absolute atomic E-state index is 0.00481. The highest BCUT2D eigenvalue weighted by atomic mass is 16.5. The molecule has 0 fully saturated rings. The van der Waals surface area contributed by atoms with Crippen molar-refractivity contribution in [3.63, 3.8) is 0 Å². The maximum Gasteiger partial charge on any atom is 0.267 e. The van der Waals surface area contributed by atoms with Gasteiger partial charge in [0, 0.05) is 29.6 Å². The van der Waals surface area contributed by atoms with Crippen LogP contribution in [0, 0.1) is 6.92 Å². The van der Waals surface area contributed by atoms with Gasteiger partial charge in [-0.25, -0.2) is 15.4 Å². The number of aryl methyl sites for hydroxylation is 1. The van der Waals surface area contributed by atoms with Gasteiger partial charge in [0.05, 0.1) is 23.6 Å². The Morgan fingerprint density at radius 1 is 1.02 bits per heavy atom. The van der Waals surface area contributed by atoms with Gasteiger partial charge in [-0.2, -0.15) is 0 Å². The van der Waals surface area contributed by atoms with Crippen LogP contribution in [0.25, 0.3) is 27.9 Å². The molecule has 11 heteroatoms. The van der Waals surface area contributed by atoms with Crippen LogP contribution in [0.4, 0.5) is 0 Å². The Morgan fingerprint density at radius 2 is 1.81 bits per heavy atom. The van der Waals surface area contributed by atoms with Gasteiger partial charge in [-0.05, 0) is 56.2 Å². The number of amides is 2. The zero-order valence-corrected chi connectivity index (χ0v) is 24.0. The molecule has 0 saturated carbocycles. The summed E-state index contributed by atoms with van der Waals surface area (Å²) in [4.78, 5) is 32.6. The van der Waals surface area contributed by atoms with Crippen molar-refractivity contribution in [3.8, 4) is 23.1 Å². The van der Waals surface area contributed by atoms with Crippen LogP contribution in [0.5, 0.6) is 23.1 Å². The molecule has 2 amide bonds. The van der Waals surface area contributed by atoms with Crippen LogP contribution in [0.3, 0.4) is 0 Å². The van der Waals surface area contributed by atoms with E-state index in [1.54, 1.807) is 55.9 Å². The van der Waals surface area contributed by atoms with E-state index in [9.17, 15) is 9.59 Å². The fourth-order valence-electron chi connectivity index (χ4n) is 4.48. The SMILES string of the molecule is COc1cc2ncnc(Oc3ccc4c(C(=O)NC(C)C)c(C)oc4c3)c2cc1OCc1ccc(/C=C/C(=O)NO)cc1. The van der Waals surface area contributed by atoms with Gasteiger partial charge < -0.3 is 23.9 Å². The van der Waals surface area contributed by atoms with E-state index in [4.69, 9.17) is 23.8 Å². The maximum absolute atomic E-state index is 12.7. The molecular weight excluding hydrogens is 552 g/mol. The van der Waals surface area contributed by atoms with Crippen LogP contribution in [-0.4, -0.2) is 40.1 Å². The number of benzene rings is 3. The fraction of sp³-hybridized carbons (Fsp3) is 0.188. The Bertz CT molecular complexity index is 1830. The smallest absolute Gasteiger partial charge is 0.267 e. The first-order valence-electron chi connectivity index (χ1n) is 13.4.